The number of hydrogen-bond acceptors (Lipinski definition) is 3. The fourth-order valence-electron chi connectivity index (χ4n) is 0.815. The second-order valence-corrected chi connectivity index (χ2v) is 6.21. The molecule has 0 aliphatic rings. The third kappa shape index (κ3) is 5.44. The largest absolute Gasteiger partial charge is 0.488 e. The number of alkyl halides is 2. The zero-order valence-corrected chi connectivity index (χ0v) is 13.0. The molecule has 0 saturated heterocycles. The molecule has 0 fully saturated rings. The zero-order chi connectivity index (χ0) is 18.2. The second kappa shape index (κ2) is 7.09. The highest BCUT2D eigenvalue weighted by atomic mass is 35.5. The molecule has 0 amide bonds. The van der Waals surface area contributed by atoms with Gasteiger partial charge in [-0.15, -0.1) is 0 Å². The molecule has 0 aromatic heterocycles. The average molecular weight is 370 g/mol. The number of carbonyl (C=O) groups excluding carboxylic acids is 1. The van der Waals surface area contributed by atoms with Crippen molar-refractivity contribution in [2.75, 3.05) is 13.1 Å². The van der Waals surface area contributed by atoms with Crippen LogP contribution in [0.1, 0.15) is 12.4 Å². The Bertz CT molecular complexity index is 618. The molecule has 1 aromatic carbocycles. The van der Waals surface area contributed by atoms with E-state index in [0.29, 0.717) is 0 Å². The Morgan fingerprint density at radius 3 is 2.37 bits per heavy atom. The van der Waals surface area contributed by atoms with Crippen molar-refractivity contribution >= 4 is 64.0 Å². The van der Waals surface area contributed by atoms with E-state index >= 15 is 0 Å². The second-order valence-electron chi connectivity index (χ2n) is 3.28. The predicted octanol–water partition coefficient (Wildman–Crippen LogP) is 4.76. The Morgan fingerprint density at radius 1 is 1.21 bits per heavy atom. The number of halogens is 5. The summed E-state index contributed by atoms with van der Waals surface area (Å²) < 4.78 is 37.6. The van der Waals surface area contributed by atoms with Crippen LogP contribution in [0.5, 0.6) is 5.75 Å². The van der Waals surface area contributed by atoms with Crippen molar-refractivity contribution in [1.82, 2.24) is 0 Å². The van der Waals surface area contributed by atoms with Gasteiger partial charge in [0.15, 0.2) is 0 Å². The molecule has 3 nitrogen and oxygen atoms in total. The van der Waals surface area contributed by atoms with Gasteiger partial charge in [-0.2, -0.15) is 0 Å². The number of rotatable bonds is 5. The summed E-state index contributed by atoms with van der Waals surface area (Å²) in [6.07, 6.45) is 0. The minimum absolute atomic E-state index is 0.00788. The first-order valence-corrected chi connectivity index (χ1v) is 6.51. The fraction of sp³-hybridized carbons (Fsp3) is 0.364. The maximum absolute atomic E-state index is 11.5. The lowest BCUT2D eigenvalue weighted by atomic mass is 10.3. The molecule has 0 radical (unpaired) electrons. The topological polar surface area (TPSA) is 35.5 Å². The molecule has 0 unspecified atom stereocenters. The quantitative estimate of drug-likeness (QED) is 0.426. The van der Waals surface area contributed by atoms with E-state index in [0.717, 1.165) is 13.0 Å². The van der Waals surface area contributed by atoms with Gasteiger partial charge in [0.2, 0.25) is 4.33 Å². The first-order valence-electron chi connectivity index (χ1n) is 6.62. The number of carbonyl (C=O) groups is 1. The summed E-state index contributed by atoms with van der Waals surface area (Å²) in [6, 6.07) is 2.28. The van der Waals surface area contributed by atoms with Crippen LogP contribution in [0, 0.1) is 0 Å². The summed E-state index contributed by atoms with van der Waals surface area (Å²) in [5.41, 5.74) is 0. The maximum atomic E-state index is 11.5. The van der Waals surface area contributed by atoms with E-state index in [2.05, 4.69) is 4.74 Å². The third-order valence-electron chi connectivity index (χ3n) is 1.68. The maximum Gasteiger partial charge on any atom is 0.342 e. The van der Waals surface area contributed by atoms with E-state index in [1.165, 1.54) is 6.07 Å². The van der Waals surface area contributed by atoms with Crippen molar-refractivity contribution < 1.29 is 19.8 Å². The Labute approximate surface area is 141 Å². The summed E-state index contributed by atoms with van der Waals surface area (Å²) in [6.45, 7) is -5.33. The normalized spacial score (nSPS) is 15.9. The summed E-state index contributed by atoms with van der Waals surface area (Å²) in [4.78, 5) is 11.5. The lowest BCUT2D eigenvalue weighted by Gasteiger charge is -2.13. The molecule has 0 bridgehead atoms. The molecule has 0 aliphatic carbocycles. The molecule has 0 aliphatic heterocycles. The summed E-state index contributed by atoms with van der Waals surface area (Å²) in [5, 5.41) is -0.0162. The monoisotopic (exact) mass is 368 g/mol. The van der Waals surface area contributed by atoms with Gasteiger partial charge in [-0.05, 0) is 13.0 Å². The van der Waals surface area contributed by atoms with Crippen LogP contribution in [0.4, 0.5) is 0 Å². The van der Waals surface area contributed by atoms with Gasteiger partial charge in [0.25, 0.3) is 0 Å². The van der Waals surface area contributed by atoms with Crippen LogP contribution in [-0.2, 0) is 9.53 Å². The molecular formula is C11H9Cl5O3. The molecule has 19 heavy (non-hydrogen) atoms. The van der Waals surface area contributed by atoms with Crippen molar-refractivity contribution in [2.24, 2.45) is 0 Å². The van der Waals surface area contributed by atoms with Gasteiger partial charge < -0.3 is 9.47 Å². The van der Waals surface area contributed by atoms with Crippen LogP contribution in [0.25, 0.3) is 0 Å². The highest BCUT2D eigenvalue weighted by Gasteiger charge is 2.29. The molecule has 8 heteroatoms. The van der Waals surface area contributed by atoms with Crippen LogP contribution < -0.4 is 4.74 Å². The number of ether oxygens (including phenoxy) is 2. The fourth-order valence-corrected chi connectivity index (χ4v) is 1.47. The molecule has 1 aromatic rings. The molecule has 0 N–H and O–H groups in total. The van der Waals surface area contributed by atoms with E-state index in [4.69, 9.17) is 68.2 Å². The third-order valence-corrected chi connectivity index (χ3v) is 3.01. The highest BCUT2D eigenvalue weighted by Crippen LogP contribution is 2.33. The van der Waals surface area contributed by atoms with Crippen LogP contribution >= 0.6 is 58.0 Å². The highest BCUT2D eigenvalue weighted by molar-refractivity contribution is 6.57. The number of hydrogen-bond donors (Lipinski definition) is 0. The molecule has 0 saturated carbocycles. The van der Waals surface area contributed by atoms with Crippen molar-refractivity contribution in [3.63, 3.8) is 0 Å². The predicted molar refractivity (Wildman–Crippen MR) is 78.0 cm³/mol. The molecule has 106 valence electrons. The Morgan fingerprint density at radius 2 is 1.79 bits per heavy atom. The summed E-state index contributed by atoms with van der Waals surface area (Å²) >= 11 is 28.3. The Kier molecular flexibility index (Phi) is 4.32. The van der Waals surface area contributed by atoms with Crippen molar-refractivity contribution in [3.8, 4) is 5.75 Å². The van der Waals surface area contributed by atoms with Crippen LogP contribution in [0.2, 0.25) is 15.1 Å². The van der Waals surface area contributed by atoms with Crippen LogP contribution in [0.15, 0.2) is 12.1 Å². The van der Waals surface area contributed by atoms with E-state index in [-0.39, 0.29) is 20.8 Å². The van der Waals surface area contributed by atoms with Gasteiger partial charge in [-0.25, -0.2) is 4.79 Å². The van der Waals surface area contributed by atoms with E-state index in [1.54, 1.807) is 0 Å². The molecule has 1 rings (SSSR count). The molecule has 0 heterocycles. The van der Waals surface area contributed by atoms with Crippen molar-refractivity contribution in [2.45, 2.75) is 11.3 Å². The van der Waals surface area contributed by atoms with Crippen LogP contribution in [-0.4, -0.2) is 23.4 Å². The van der Waals surface area contributed by atoms with Gasteiger partial charge in [0.05, 0.1) is 20.6 Å². The number of benzene rings is 1. The minimum atomic E-state index is -3.23. The average Bonchev–Trinajstić information content (AvgIpc) is 2.33. The lowest BCUT2D eigenvalue weighted by molar-refractivity contribution is -0.144. The first-order chi connectivity index (χ1) is 10.2. The summed E-state index contributed by atoms with van der Waals surface area (Å²) in [5.74, 6) is -1.69. The zero-order valence-electron chi connectivity index (χ0n) is 13.3. The molecular weight excluding hydrogens is 357 g/mol. The van der Waals surface area contributed by atoms with Gasteiger partial charge in [-0.1, -0.05) is 58.0 Å². The van der Waals surface area contributed by atoms with Gasteiger partial charge in [0.1, 0.15) is 18.9 Å². The minimum Gasteiger partial charge on any atom is -0.488 e. The van der Waals surface area contributed by atoms with Gasteiger partial charge in [0, 0.05) is 6.07 Å². The van der Waals surface area contributed by atoms with E-state index in [1.807, 2.05) is 0 Å². The smallest absolute Gasteiger partial charge is 0.342 e. The standard InChI is InChI=1S/C11H9Cl5O3/c1-11(15,16)10(17)19-3-2-18-9-5-7(13)6(12)4-8(9)14/h4-5H,2-3H2,1H3/i2D2,3D2. The molecule has 0 atom stereocenters. The van der Waals surface area contributed by atoms with E-state index in [9.17, 15) is 4.79 Å². The van der Waals surface area contributed by atoms with Gasteiger partial charge in [-0.3, -0.25) is 0 Å². The first kappa shape index (κ1) is 11.6. The van der Waals surface area contributed by atoms with E-state index < -0.39 is 23.4 Å². The lowest BCUT2D eigenvalue weighted by Crippen LogP contribution is -2.26. The summed E-state index contributed by atoms with van der Waals surface area (Å²) in [7, 11) is 0. The Hall–Kier alpha value is -0.0600. The van der Waals surface area contributed by atoms with Crippen molar-refractivity contribution in [3.05, 3.63) is 27.2 Å². The Balaban J connectivity index is 3.06. The molecule has 0 spiro atoms. The van der Waals surface area contributed by atoms with Crippen LogP contribution in [0.3, 0.4) is 0 Å². The number of esters is 1. The van der Waals surface area contributed by atoms with Crippen molar-refractivity contribution in [1.29, 1.82) is 0 Å². The van der Waals surface area contributed by atoms with Gasteiger partial charge >= 0.3 is 5.97 Å². The SMILES string of the molecule is [2H]C([2H])(OC(=O)C(C)(Cl)Cl)C([2H])([2H])Oc1cc(Cl)c(Cl)cc1Cl.